The van der Waals surface area contributed by atoms with Gasteiger partial charge in [-0.3, -0.25) is 19.3 Å². The highest BCUT2D eigenvalue weighted by atomic mass is 19.4. The summed E-state index contributed by atoms with van der Waals surface area (Å²) in [6.07, 6.45) is -1.55. The summed E-state index contributed by atoms with van der Waals surface area (Å²) in [5.41, 5.74) is -0.539. The lowest BCUT2D eigenvalue weighted by atomic mass is 9.81. The van der Waals surface area contributed by atoms with Crippen molar-refractivity contribution < 1.29 is 27.6 Å². The van der Waals surface area contributed by atoms with E-state index in [1.165, 1.54) is 6.07 Å². The number of fused-ring (bicyclic) bond motifs is 1. The second-order valence-electron chi connectivity index (χ2n) is 7.43. The Morgan fingerprint density at radius 1 is 1.14 bits per heavy atom. The lowest BCUT2D eigenvalue weighted by Gasteiger charge is -2.21. The fraction of sp³-hybridized carbons (Fsp3) is 0.526. The molecule has 0 radical (unpaired) electrons. The average Bonchev–Trinajstić information content (AvgIpc) is 2.86. The molecule has 2 atom stereocenters. The van der Waals surface area contributed by atoms with Crippen molar-refractivity contribution in [3.63, 3.8) is 0 Å². The topological polar surface area (TPSA) is 69.7 Å². The molecule has 1 heterocycles. The van der Waals surface area contributed by atoms with Crippen LogP contribution >= 0.6 is 0 Å². The van der Waals surface area contributed by atoms with Gasteiger partial charge in [0.2, 0.25) is 17.7 Å². The first kappa shape index (κ1) is 20.2. The van der Waals surface area contributed by atoms with Gasteiger partial charge in [-0.25, -0.2) is 0 Å². The molecule has 28 heavy (non-hydrogen) atoms. The highest BCUT2D eigenvalue weighted by Gasteiger charge is 2.48. The number of amides is 3. The first-order valence-electron chi connectivity index (χ1n) is 9.13. The zero-order chi connectivity index (χ0) is 20.6. The van der Waals surface area contributed by atoms with E-state index in [-0.39, 0.29) is 29.3 Å². The summed E-state index contributed by atoms with van der Waals surface area (Å²) in [6.45, 7) is -0.492. The van der Waals surface area contributed by atoms with Crippen molar-refractivity contribution >= 4 is 29.1 Å². The van der Waals surface area contributed by atoms with Crippen LogP contribution in [0.1, 0.15) is 31.2 Å². The van der Waals surface area contributed by atoms with Crippen LogP contribution in [0.4, 0.5) is 24.5 Å². The molecule has 3 amide bonds. The van der Waals surface area contributed by atoms with Crippen LogP contribution in [0.25, 0.3) is 0 Å². The Kier molecular flexibility index (Phi) is 5.36. The Bertz CT molecular complexity index is 783. The van der Waals surface area contributed by atoms with Crippen LogP contribution in [-0.2, 0) is 20.6 Å². The standard InChI is InChI=1S/C19H22F3N3O3/c1-24(2)15-8-7-11(19(20,21)22)9-14(15)23-16(26)10-25-17(27)12-5-3-4-6-13(12)18(25)28/h7-9,12-13H,3-6,10H2,1-2H3,(H,23,26). The molecule has 1 aliphatic carbocycles. The monoisotopic (exact) mass is 397 g/mol. The first-order chi connectivity index (χ1) is 13.1. The van der Waals surface area contributed by atoms with Gasteiger partial charge in [0, 0.05) is 14.1 Å². The molecule has 1 saturated heterocycles. The maximum Gasteiger partial charge on any atom is 0.416 e. The number of benzene rings is 1. The van der Waals surface area contributed by atoms with Crippen molar-refractivity contribution in [2.24, 2.45) is 11.8 Å². The third kappa shape index (κ3) is 3.83. The number of nitrogens with one attached hydrogen (secondary N) is 1. The maximum absolute atomic E-state index is 13.0. The fourth-order valence-corrected chi connectivity index (χ4v) is 3.92. The van der Waals surface area contributed by atoms with Crippen LogP contribution in [0.2, 0.25) is 0 Å². The highest BCUT2D eigenvalue weighted by molar-refractivity contribution is 6.09. The van der Waals surface area contributed by atoms with E-state index in [0.29, 0.717) is 18.5 Å². The summed E-state index contributed by atoms with van der Waals surface area (Å²) in [7, 11) is 3.27. The van der Waals surface area contributed by atoms with E-state index in [2.05, 4.69) is 5.32 Å². The largest absolute Gasteiger partial charge is 0.416 e. The molecule has 9 heteroatoms. The Morgan fingerprint density at radius 2 is 1.71 bits per heavy atom. The summed E-state index contributed by atoms with van der Waals surface area (Å²) in [4.78, 5) is 39.9. The minimum Gasteiger partial charge on any atom is -0.376 e. The van der Waals surface area contributed by atoms with Crippen LogP contribution in [0.15, 0.2) is 18.2 Å². The number of carbonyl (C=O) groups is 3. The summed E-state index contributed by atoms with van der Waals surface area (Å²) in [5.74, 6) is -2.17. The lowest BCUT2D eigenvalue weighted by molar-refractivity contribution is -0.142. The Morgan fingerprint density at radius 3 is 2.21 bits per heavy atom. The molecule has 1 aliphatic heterocycles. The molecule has 1 aromatic rings. The molecule has 1 N–H and O–H groups in total. The minimum absolute atomic E-state index is 0.0265. The van der Waals surface area contributed by atoms with Crippen LogP contribution in [0.5, 0.6) is 0 Å². The van der Waals surface area contributed by atoms with Crippen molar-refractivity contribution in [2.45, 2.75) is 31.9 Å². The number of alkyl halides is 3. The van der Waals surface area contributed by atoms with Crippen LogP contribution in [0, 0.1) is 11.8 Å². The predicted molar refractivity (Wildman–Crippen MR) is 96.6 cm³/mol. The van der Waals surface area contributed by atoms with Gasteiger partial charge < -0.3 is 10.2 Å². The number of likely N-dealkylation sites (tertiary alicyclic amines) is 1. The maximum atomic E-state index is 13.0. The molecule has 1 aromatic carbocycles. The molecule has 2 unspecified atom stereocenters. The summed E-state index contributed by atoms with van der Waals surface area (Å²) >= 11 is 0. The van der Waals surface area contributed by atoms with Crippen molar-refractivity contribution in [3.05, 3.63) is 23.8 Å². The normalized spacial score (nSPS) is 22.2. The summed E-state index contributed by atoms with van der Waals surface area (Å²) in [6, 6.07) is 3.04. The minimum atomic E-state index is -4.55. The van der Waals surface area contributed by atoms with Crippen LogP contribution < -0.4 is 10.2 Å². The van der Waals surface area contributed by atoms with Gasteiger partial charge in [0.15, 0.2) is 0 Å². The third-order valence-electron chi connectivity index (χ3n) is 5.31. The number of nitrogens with zero attached hydrogens (tertiary/aromatic N) is 2. The molecule has 152 valence electrons. The van der Waals surface area contributed by atoms with E-state index in [1.54, 1.807) is 19.0 Å². The van der Waals surface area contributed by atoms with E-state index in [0.717, 1.165) is 29.9 Å². The number of rotatable bonds is 4. The van der Waals surface area contributed by atoms with E-state index >= 15 is 0 Å². The van der Waals surface area contributed by atoms with Crippen molar-refractivity contribution in [1.29, 1.82) is 0 Å². The SMILES string of the molecule is CN(C)c1ccc(C(F)(F)F)cc1NC(=O)CN1C(=O)C2CCCCC2C1=O. The average molecular weight is 397 g/mol. The first-order valence-corrected chi connectivity index (χ1v) is 9.13. The summed E-state index contributed by atoms with van der Waals surface area (Å²) < 4.78 is 39.0. The Labute approximate surface area is 160 Å². The zero-order valence-electron chi connectivity index (χ0n) is 15.7. The highest BCUT2D eigenvalue weighted by Crippen LogP contribution is 2.38. The smallest absolute Gasteiger partial charge is 0.376 e. The molecular formula is C19H22F3N3O3. The molecular weight excluding hydrogens is 375 g/mol. The van der Waals surface area contributed by atoms with Gasteiger partial charge in [0.1, 0.15) is 6.54 Å². The number of imide groups is 1. The van der Waals surface area contributed by atoms with Crippen molar-refractivity contribution in [2.75, 3.05) is 30.9 Å². The lowest BCUT2D eigenvalue weighted by Crippen LogP contribution is -2.38. The van der Waals surface area contributed by atoms with Crippen molar-refractivity contribution in [3.8, 4) is 0 Å². The number of hydrogen-bond acceptors (Lipinski definition) is 4. The van der Waals surface area contributed by atoms with E-state index in [9.17, 15) is 27.6 Å². The molecule has 6 nitrogen and oxygen atoms in total. The molecule has 3 rings (SSSR count). The third-order valence-corrected chi connectivity index (χ3v) is 5.31. The van der Waals surface area contributed by atoms with Gasteiger partial charge in [-0.1, -0.05) is 12.8 Å². The predicted octanol–water partition coefficient (Wildman–Crippen LogP) is 2.89. The van der Waals surface area contributed by atoms with Crippen molar-refractivity contribution in [1.82, 2.24) is 4.90 Å². The van der Waals surface area contributed by atoms with Gasteiger partial charge in [-0.2, -0.15) is 13.2 Å². The molecule has 0 aromatic heterocycles. The summed E-state index contributed by atoms with van der Waals surface area (Å²) in [5, 5.41) is 2.43. The number of carbonyl (C=O) groups excluding carboxylic acids is 3. The van der Waals surface area contributed by atoms with E-state index in [1.807, 2.05) is 0 Å². The van der Waals surface area contributed by atoms with Gasteiger partial charge in [0.05, 0.1) is 28.8 Å². The van der Waals surface area contributed by atoms with Gasteiger partial charge in [0.25, 0.3) is 0 Å². The quantitative estimate of drug-likeness (QED) is 0.794. The molecule has 0 spiro atoms. The number of anilines is 2. The Balaban J connectivity index is 1.77. The van der Waals surface area contributed by atoms with E-state index < -0.39 is 24.2 Å². The molecule has 2 aliphatic rings. The van der Waals surface area contributed by atoms with E-state index in [4.69, 9.17) is 0 Å². The molecule has 2 fully saturated rings. The van der Waals surface area contributed by atoms with Gasteiger partial charge in [-0.05, 0) is 31.0 Å². The van der Waals surface area contributed by atoms with Gasteiger partial charge in [-0.15, -0.1) is 0 Å². The number of hydrogen-bond donors (Lipinski definition) is 1. The fourth-order valence-electron chi connectivity index (χ4n) is 3.92. The second-order valence-corrected chi connectivity index (χ2v) is 7.43. The second kappa shape index (κ2) is 7.44. The van der Waals surface area contributed by atoms with Crippen LogP contribution in [0.3, 0.4) is 0 Å². The molecule has 1 saturated carbocycles. The number of halogens is 3. The van der Waals surface area contributed by atoms with Crippen LogP contribution in [-0.4, -0.2) is 43.3 Å². The molecule has 0 bridgehead atoms. The zero-order valence-corrected chi connectivity index (χ0v) is 15.7. The van der Waals surface area contributed by atoms with Gasteiger partial charge >= 0.3 is 6.18 Å². The Hall–Kier alpha value is -2.58.